The molecule has 1 aromatic heterocycles. The molecule has 5 heteroatoms. The molecule has 1 heterocycles. The van der Waals surface area contributed by atoms with Crippen LogP contribution < -0.4 is 10.9 Å². The molecule has 0 unspecified atom stereocenters. The molecular weight excluding hydrogens is 256 g/mol. The van der Waals surface area contributed by atoms with Gasteiger partial charge in [0.25, 0.3) is 5.91 Å². The highest BCUT2D eigenvalue weighted by Crippen LogP contribution is 2.04. The Hall–Kier alpha value is -2.82. The van der Waals surface area contributed by atoms with Crippen LogP contribution in [0.1, 0.15) is 21.7 Å². The molecule has 0 aliphatic heterocycles. The Bertz CT molecular complexity index is 613. The molecule has 102 valence electrons. The van der Waals surface area contributed by atoms with Crippen LogP contribution in [-0.2, 0) is 4.79 Å². The van der Waals surface area contributed by atoms with Crippen LogP contribution in [0.15, 0.2) is 53.2 Å². The van der Waals surface area contributed by atoms with E-state index in [1.54, 1.807) is 12.1 Å². The molecule has 2 amide bonds. The summed E-state index contributed by atoms with van der Waals surface area (Å²) >= 11 is 0. The van der Waals surface area contributed by atoms with E-state index in [0.29, 0.717) is 0 Å². The average Bonchev–Trinajstić information content (AvgIpc) is 2.98. The summed E-state index contributed by atoms with van der Waals surface area (Å²) in [4.78, 5) is 23.0. The molecule has 5 nitrogen and oxygen atoms in total. The number of hydrogen-bond acceptors (Lipinski definition) is 3. The van der Waals surface area contributed by atoms with Crippen molar-refractivity contribution in [1.29, 1.82) is 0 Å². The molecule has 20 heavy (non-hydrogen) atoms. The van der Waals surface area contributed by atoms with Gasteiger partial charge in [0.15, 0.2) is 5.76 Å². The number of carbonyl (C=O) groups excluding carboxylic acids is 2. The van der Waals surface area contributed by atoms with Gasteiger partial charge in [-0.1, -0.05) is 29.8 Å². The Labute approximate surface area is 116 Å². The monoisotopic (exact) mass is 270 g/mol. The fourth-order valence-electron chi connectivity index (χ4n) is 1.48. The molecule has 0 fully saturated rings. The highest BCUT2D eigenvalue weighted by Gasteiger charge is 2.07. The molecule has 0 radical (unpaired) electrons. The van der Waals surface area contributed by atoms with Gasteiger partial charge in [0, 0.05) is 6.08 Å². The lowest BCUT2D eigenvalue weighted by molar-refractivity contribution is -0.117. The van der Waals surface area contributed by atoms with Gasteiger partial charge in [0.2, 0.25) is 0 Å². The average molecular weight is 270 g/mol. The normalized spacial score (nSPS) is 10.4. The van der Waals surface area contributed by atoms with Crippen molar-refractivity contribution in [2.75, 3.05) is 0 Å². The summed E-state index contributed by atoms with van der Waals surface area (Å²) in [7, 11) is 0. The summed E-state index contributed by atoms with van der Waals surface area (Å²) < 4.78 is 4.89. The lowest BCUT2D eigenvalue weighted by Crippen LogP contribution is -2.40. The van der Waals surface area contributed by atoms with Crippen LogP contribution in [0.5, 0.6) is 0 Å². The molecule has 0 aliphatic carbocycles. The molecule has 0 bridgehead atoms. The highest BCUT2D eigenvalue weighted by molar-refractivity contribution is 5.96. The number of furan rings is 1. The predicted molar refractivity (Wildman–Crippen MR) is 74.5 cm³/mol. The highest BCUT2D eigenvalue weighted by atomic mass is 16.3. The first-order valence-corrected chi connectivity index (χ1v) is 6.04. The Balaban J connectivity index is 1.83. The molecule has 2 aromatic rings. The van der Waals surface area contributed by atoms with E-state index in [9.17, 15) is 9.59 Å². The molecule has 0 atom stereocenters. The Morgan fingerprint density at radius 3 is 2.50 bits per heavy atom. The van der Waals surface area contributed by atoms with Gasteiger partial charge in [-0.05, 0) is 30.7 Å². The van der Waals surface area contributed by atoms with Crippen molar-refractivity contribution in [1.82, 2.24) is 10.9 Å². The molecule has 0 spiro atoms. The Morgan fingerprint density at radius 1 is 1.10 bits per heavy atom. The van der Waals surface area contributed by atoms with Crippen molar-refractivity contribution in [3.63, 3.8) is 0 Å². The molecule has 0 saturated carbocycles. The molecule has 2 rings (SSSR count). The summed E-state index contributed by atoms with van der Waals surface area (Å²) in [6.45, 7) is 1.99. The Kier molecular flexibility index (Phi) is 4.34. The van der Waals surface area contributed by atoms with Crippen LogP contribution in [0.25, 0.3) is 6.08 Å². The van der Waals surface area contributed by atoms with Crippen molar-refractivity contribution in [3.8, 4) is 0 Å². The van der Waals surface area contributed by atoms with Gasteiger partial charge in [-0.2, -0.15) is 0 Å². The zero-order valence-corrected chi connectivity index (χ0v) is 10.9. The standard InChI is InChI=1S/C15H14N2O3/c1-11-4-6-12(7-5-11)8-9-14(18)16-17-15(19)13-3-2-10-20-13/h2-10H,1H3,(H,16,18)(H,17,19)/b9-8+. The Morgan fingerprint density at radius 2 is 1.85 bits per heavy atom. The van der Waals surface area contributed by atoms with E-state index in [2.05, 4.69) is 10.9 Å². The van der Waals surface area contributed by atoms with Crippen molar-refractivity contribution in [2.24, 2.45) is 0 Å². The molecule has 1 aromatic carbocycles. The third-order valence-electron chi connectivity index (χ3n) is 2.55. The molecule has 0 aliphatic rings. The summed E-state index contributed by atoms with van der Waals surface area (Å²) in [5.74, 6) is -0.801. The van der Waals surface area contributed by atoms with Crippen LogP contribution >= 0.6 is 0 Å². The van der Waals surface area contributed by atoms with Crippen molar-refractivity contribution >= 4 is 17.9 Å². The van der Waals surface area contributed by atoms with Gasteiger partial charge in [0.1, 0.15) is 0 Å². The minimum atomic E-state index is -0.507. The van der Waals surface area contributed by atoms with Gasteiger partial charge in [0.05, 0.1) is 6.26 Å². The van der Waals surface area contributed by atoms with Crippen molar-refractivity contribution in [3.05, 3.63) is 65.6 Å². The summed E-state index contributed by atoms with van der Waals surface area (Å²) in [6.07, 6.45) is 4.38. The van der Waals surface area contributed by atoms with Crippen LogP contribution in [-0.4, -0.2) is 11.8 Å². The number of benzene rings is 1. The number of hydrogen-bond donors (Lipinski definition) is 2. The SMILES string of the molecule is Cc1ccc(/C=C/C(=O)NNC(=O)c2ccco2)cc1. The fourth-order valence-corrected chi connectivity index (χ4v) is 1.48. The molecular formula is C15H14N2O3. The van der Waals surface area contributed by atoms with Crippen molar-refractivity contribution in [2.45, 2.75) is 6.92 Å². The van der Waals surface area contributed by atoms with Crippen LogP contribution in [0.2, 0.25) is 0 Å². The third-order valence-corrected chi connectivity index (χ3v) is 2.55. The first kappa shape index (κ1) is 13.6. The number of rotatable bonds is 3. The summed E-state index contributed by atoms with van der Waals surface area (Å²) in [6, 6.07) is 10.8. The van der Waals surface area contributed by atoms with Crippen LogP contribution in [0.4, 0.5) is 0 Å². The van der Waals surface area contributed by atoms with E-state index in [1.807, 2.05) is 31.2 Å². The van der Waals surface area contributed by atoms with E-state index in [-0.39, 0.29) is 5.76 Å². The quantitative estimate of drug-likeness (QED) is 0.662. The van der Waals surface area contributed by atoms with E-state index in [0.717, 1.165) is 11.1 Å². The minimum absolute atomic E-state index is 0.132. The largest absolute Gasteiger partial charge is 0.459 e. The maximum absolute atomic E-state index is 11.5. The second-order valence-electron chi connectivity index (χ2n) is 4.16. The van der Waals surface area contributed by atoms with Gasteiger partial charge < -0.3 is 4.42 Å². The predicted octanol–water partition coefficient (Wildman–Crippen LogP) is 2.06. The summed E-state index contributed by atoms with van der Waals surface area (Å²) in [5.41, 5.74) is 6.57. The van der Waals surface area contributed by atoms with E-state index >= 15 is 0 Å². The zero-order chi connectivity index (χ0) is 14.4. The van der Waals surface area contributed by atoms with E-state index in [1.165, 1.54) is 18.4 Å². The summed E-state index contributed by atoms with van der Waals surface area (Å²) in [5, 5.41) is 0. The second kappa shape index (κ2) is 6.38. The maximum Gasteiger partial charge on any atom is 0.305 e. The van der Waals surface area contributed by atoms with Crippen molar-refractivity contribution < 1.29 is 14.0 Å². The topological polar surface area (TPSA) is 71.3 Å². The van der Waals surface area contributed by atoms with Gasteiger partial charge in [-0.25, -0.2) is 0 Å². The minimum Gasteiger partial charge on any atom is -0.459 e. The fraction of sp³-hybridized carbons (Fsp3) is 0.0667. The third kappa shape index (κ3) is 3.84. The maximum atomic E-state index is 11.5. The number of nitrogens with one attached hydrogen (secondary N) is 2. The lowest BCUT2D eigenvalue weighted by Gasteiger charge is -2.02. The number of amides is 2. The molecule has 2 N–H and O–H groups in total. The second-order valence-corrected chi connectivity index (χ2v) is 4.16. The smallest absolute Gasteiger partial charge is 0.305 e. The van der Waals surface area contributed by atoms with Gasteiger partial charge in [-0.3, -0.25) is 20.4 Å². The zero-order valence-electron chi connectivity index (χ0n) is 10.9. The van der Waals surface area contributed by atoms with E-state index < -0.39 is 11.8 Å². The van der Waals surface area contributed by atoms with Crippen LogP contribution in [0.3, 0.4) is 0 Å². The number of carbonyl (C=O) groups is 2. The first-order chi connectivity index (χ1) is 9.65. The van der Waals surface area contributed by atoms with Crippen LogP contribution in [0, 0.1) is 6.92 Å². The van der Waals surface area contributed by atoms with Gasteiger partial charge in [-0.15, -0.1) is 0 Å². The van der Waals surface area contributed by atoms with Gasteiger partial charge >= 0.3 is 5.91 Å². The van der Waals surface area contributed by atoms with E-state index in [4.69, 9.17) is 4.42 Å². The first-order valence-electron chi connectivity index (χ1n) is 6.04. The molecule has 0 saturated heterocycles. The lowest BCUT2D eigenvalue weighted by atomic mass is 10.1. The number of hydrazine groups is 1. The number of aryl methyl sites for hydroxylation is 1.